The number of rotatable bonds is 7. The first-order chi connectivity index (χ1) is 9.52. The lowest BCUT2D eigenvalue weighted by molar-refractivity contribution is -0.141. The van der Waals surface area contributed by atoms with Gasteiger partial charge in [0.25, 0.3) is 0 Å². The van der Waals surface area contributed by atoms with Crippen molar-refractivity contribution < 1.29 is 19.4 Å². The van der Waals surface area contributed by atoms with Crippen molar-refractivity contribution in [2.24, 2.45) is 5.92 Å². The first-order valence-electron chi connectivity index (χ1n) is 6.35. The molecule has 0 aliphatic rings. The molecule has 1 aromatic rings. The van der Waals surface area contributed by atoms with E-state index in [0.29, 0.717) is 13.0 Å². The average Bonchev–Trinajstić information content (AvgIpc) is 2.45. The van der Waals surface area contributed by atoms with Crippen LogP contribution in [0.4, 0.5) is 0 Å². The molecule has 0 aliphatic heterocycles. The minimum atomic E-state index is -0.854. The van der Waals surface area contributed by atoms with E-state index >= 15 is 0 Å². The number of hydrogen-bond donors (Lipinski definition) is 2. The lowest BCUT2D eigenvalue weighted by atomic mass is 10.1. The fourth-order valence-corrected chi connectivity index (χ4v) is 1.48. The van der Waals surface area contributed by atoms with E-state index in [4.69, 9.17) is 9.84 Å². The molecule has 108 valence electrons. The number of ether oxygens (including phenoxy) is 1. The second kappa shape index (κ2) is 7.99. The summed E-state index contributed by atoms with van der Waals surface area (Å²) in [5.41, 5.74) is 0.889. The number of carboxylic acids is 1. The van der Waals surface area contributed by atoms with Crippen LogP contribution in [0.15, 0.2) is 30.3 Å². The maximum absolute atomic E-state index is 11.5. The van der Waals surface area contributed by atoms with E-state index in [1.165, 1.54) is 6.08 Å². The third kappa shape index (κ3) is 5.56. The molecule has 0 saturated heterocycles. The van der Waals surface area contributed by atoms with Gasteiger partial charge in [0.2, 0.25) is 5.91 Å². The van der Waals surface area contributed by atoms with E-state index in [1.54, 1.807) is 20.1 Å². The Morgan fingerprint density at radius 3 is 2.55 bits per heavy atom. The Labute approximate surface area is 118 Å². The highest BCUT2D eigenvalue weighted by molar-refractivity contribution is 5.91. The number of hydrogen-bond acceptors (Lipinski definition) is 3. The number of amides is 1. The van der Waals surface area contributed by atoms with Gasteiger partial charge < -0.3 is 15.2 Å². The molecule has 0 radical (unpaired) electrons. The van der Waals surface area contributed by atoms with Crippen molar-refractivity contribution in [3.8, 4) is 5.75 Å². The van der Waals surface area contributed by atoms with Gasteiger partial charge in [-0.15, -0.1) is 0 Å². The zero-order valence-electron chi connectivity index (χ0n) is 11.6. The molecule has 0 heterocycles. The van der Waals surface area contributed by atoms with Gasteiger partial charge in [-0.25, -0.2) is 0 Å². The average molecular weight is 277 g/mol. The summed E-state index contributed by atoms with van der Waals surface area (Å²) >= 11 is 0. The van der Waals surface area contributed by atoms with E-state index in [1.807, 2.05) is 24.3 Å². The third-order valence-electron chi connectivity index (χ3n) is 2.84. The van der Waals surface area contributed by atoms with Crippen molar-refractivity contribution in [3.63, 3.8) is 0 Å². The fraction of sp³-hybridized carbons (Fsp3) is 0.333. The Balaban J connectivity index is 2.37. The van der Waals surface area contributed by atoms with Gasteiger partial charge in [0, 0.05) is 12.6 Å². The van der Waals surface area contributed by atoms with E-state index < -0.39 is 11.9 Å². The Morgan fingerprint density at radius 1 is 1.35 bits per heavy atom. The Kier molecular flexibility index (Phi) is 6.29. The predicted molar refractivity (Wildman–Crippen MR) is 76.5 cm³/mol. The van der Waals surface area contributed by atoms with Crippen LogP contribution in [0.3, 0.4) is 0 Å². The highest BCUT2D eigenvalue weighted by atomic mass is 16.5. The summed E-state index contributed by atoms with van der Waals surface area (Å²) in [6.07, 6.45) is 3.53. The molecule has 0 saturated carbocycles. The molecule has 0 aromatic heterocycles. The van der Waals surface area contributed by atoms with Crippen LogP contribution in [0.25, 0.3) is 6.08 Å². The van der Waals surface area contributed by atoms with E-state index in [-0.39, 0.29) is 5.91 Å². The minimum Gasteiger partial charge on any atom is -0.497 e. The quantitative estimate of drug-likeness (QED) is 0.747. The van der Waals surface area contributed by atoms with Gasteiger partial charge in [0.05, 0.1) is 13.0 Å². The molecule has 20 heavy (non-hydrogen) atoms. The van der Waals surface area contributed by atoms with Gasteiger partial charge >= 0.3 is 5.97 Å². The largest absolute Gasteiger partial charge is 0.497 e. The summed E-state index contributed by atoms with van der Waals surface area (Å²) < 4.78 is 5.04. The summed E-state index contributed by atoms with van der Waals surface area (Å²) in [5.74, 6) is -0.790. The summed E-state index contributed by atoms with van der Waals surface area (Å²) in [6, 6.07) is 7.31. The number of carbonyl (C=O) groups excluding carboxylic acids is 1. The van der Waals surface area contributed by atoms with Crippen molar-refractivity contribution in [1.29, 1.82) is 0 Å². The number of carbonyl (C=O) groups is 2. The van der Waals surface area contributed by atoms with E-state index in [0.717, 1.165) is 11.3 Å². The lowest BCUT2D eigenvalue weighted by Crippen LogP contribution is -2.25. The zero-order chi connectivity index (χ0) is 15.0. The molecule has 0 aliphatic carbocycles. The molecular formula is C15H19NO4. The molecule has 1 rings (SSSR count). The van der Waals surface area contributed by atoms with Crippen molar-refractivity contribution >= 4 is 18.0 Å². The highest BCUT2D eigenvalue weighted by Crippen LogP contribution is 2.12. The first-order valence-corrected chi connectivity index (χ1v) is 6.35. The minimum absolute atomic E-state index is 0.238. The molecule has 2 N–H and O–H groups in total. The Morgan fingerprint density at radius 2 is 2.00 bits per heavy atom. The van der Waals surface area contributed by atoms with Crippen LogP contribution >= 0.6 is 0 Å². The van der Waals surface area contributed by atoms with Gasteiger partial charge in [-0.2, -0.15) is 0 Å². The van der Waals surface area contributed by atoms with Crippen molar-refractivity contribution in [1.82, 2.24) is 5.32 Å². The number of carboxylic acid groups (broad SMARTS) is 1. The standard InChI is InChI=1S/C15H19NO4/c1-11(15(18)19)9-10-16-14(17)8-5-12-3-6-13(20-2)7-4-12/h3-8,11H,9-10H2,1-2H3,(H,16,17)(H,18,19)/b8-5+. The summed E-state index contributed by atoms with van der Waals surface area (Å²) in [4.78, 5) is 22.1. The van der Waals surface area contributed by atoms with E-state index in [9.17, 15) is 9.59 Å². The zero-order valence-corrected chi connectivity index (χ0v) is 11.6. The molecular weight excluding hydrogens is 258 g/mol. The molecule has 5 heteroatoms. The smallest absolute Gasteiger partial charge is 0.306 e. The number of methoxy groups -OCH3 is 1. The summed E-state index contributed by atoms with van der Waals surface area (Å²) in [6.45, 7) is 1.96. The molecule has 1 aromatic carbocycles. The number of aliphatic carboxylic acids is 1. The first kappa shape index (κ1) is 15.8. The maximum Gasteiger partial charge on any atom is 0.306 e. The van der Waals surface area contributed by atoms with Crippen LogP contribution in [0.5, 0.6) is 5.75 Å². The predicted octanol–water partition coefficient (Wildman–Crippen LogP) is 1.94. The van der Waals surface area contributed by atoms with Crippen LogP contribution in [0.1, 0.15) is 18.9 Å². The van der Waals surface area contributed by atoms with Crippen LogP contribution in [0.2, 0.25) is 0 Å². The normalized spacial score (nSPS) is 12.1. The van der Waals surface area contributed by atoms with Crippen LogP contribution in [-0.4, -0.2) is 30.6 Å². The molecule has 1 unspecified atom stereocenters. The van der Waals surface area contributed by atoms with Crippen molar-refractivity contribution in [2.75, 3.05) is 13.7 Å². The second-order valence-corrected chi connectivity index (χ2v) is 4.43. The van der Waals surface area contributed by atoms with E-state index in [2.05, 4.69) is 5.32 Å². The number of nitrogens with one attached hydrogen (secondary N) is 1. The van der Waals surface area contributed by atoms with Crippen molar-refractivity contribution in [2.45, 2.75) is 13.3 Å². The molecule has 1 amide bonds. The topological polar surface area (TPSA) is 75.6 Å². The number of benzene rings is 1. The Hall–Kier alpha value is -2.30. The van der Waals surface area contributed by atoms with Gasteiger partial charge in [0.1, 0.15) is 5.75 Å². The molecule has 0 bridgehead atoms. The van der Waals surface area contributed by atoms with Crippen LogP contribution < -0.4 is 10.1 Å². The molecule has 0 fully saturated rings. The van der Waals surface area contributed by atoms with Gasteiger partial charge in [-0.3, -0.25) is 9.59 Å². The molecule has 5 nitrogen and oxygen atoms in total. The Bertz CT molecular complexity index is 479. The van der Waals surface area contributed by atoms with Crippen LogP contribution in [-0.2, 0) is 9.59 Å². The third-order valence-corrected chi connectivity index (χ3v) is 2.84. The molecule has 0 spiro atoms. The van der Waals surface area contributed by atoms with Crippen molar-refractivity contribution in [3.05, 3.63) is 35.9 Å². The maximum atomic E-state index is 11.5. The summed E-state index contributed by atoms with van der Waals surface area (Å²) in [7, 11) is 1.59. The van der Waals surface area contributed by atoms with Gasteiger partial charge in [-0.1, -0.05) is 19.1 Å². The molecule has 1 atom stereocenters. The monoisotopic (exact) mass is 277 g/mol. The van der Waals surface area contributed by atoms with Gasteiger partial charge in [0.15, 0.2) is 0 Å². The van der Waals surface area contributed by atoms with Crippen LogP contribution in [0, 0.1) is 5.92 Å². The SMILES string of the molecule is COc1ccc(/C=C/C(=O)NCCC(C)C(=O)O)cc1. The summed E-state index contributed by atoms with van der Waals surface area (Å²) in [5, 5.41) is 11.4. The fourth-order valence-electron chi connectivity index (χ4n) is 1.48. The second-order valence-electron chi connectivity index (χ2n) is 4.43. The lowest BCUT2D eigenvalue weighted by Gasteiger charge is -2.05. The highest BCUT2D eigenvalue weighted by Gasteiger charge is 2.09. The van der Waals surface area contributed by atoms with Gasteiger partial charge in [-0.05, 0) is 30.2 Å².